The maximum Gasteiger partial charge on any atom is 0.210 e. The lowest BCUT2D eigenvalue weighted by Gasteiger charge is -2.38. The lowest BCUT2D eigenvalue weighted by atomic mass is 10.0. The molecule has 1 saturated heterocycles. The zero-order valence-electron chi connectivity index (χ0n) is 16.7. The van der Waals surface area contributed by atoms with E-state index in [4.69, 9.17) is 0 Å². The van der Waals surface area contributed by atoms with E-state index in [9.17, 15) is 0 Å². The van der Waals surface area contributed by atoms with Crippen LogP contribution in [0.15, 0.2) is 34.1 Å². The third-order valence-corrected chi connectivity index (χ3v) is 5.80. The zero-order valence-corrected chi connectivity index (χ0v) is 17.5. The Hall–Kier alpha value is -2.00. The lowest BCUT2D eigenvalue weighted by molar-refractivity contribution is 0.221. The molecule has 0 amide bonds. The van der Waals surface area contributed by atoms with Crippen LogP contribution in [0.25, 0.3) is 0 Å². The summed E-state index contributed by atoms with van der Waals surface area (Å²) in [5.41, 5.74) is 1.32. The molecule has 1 aromatic heterocycles. The second-order valence-corrected chi connectivity index (χ2v) is 7.93. The second-order valence-electron chi connectivity index (χ2n) is 6.97. The van der Waals surface area contributed by atoms with Gasteiger partial charge in [-0.2, -0.15) is 5.11 Å². The minimum atomic E-state index is 0.0832. The van der Waals surface area contributed by atoms with Gasteiger partial charge in [-0.25, -0.2) is 0 Å². The molecule has 2 unspecified atom stereocenters. The van der Waals surface area contributed by atoms with E-state index < -0.39 is 0 Å². The van der Waals surface area contributed by atoms with Gasteiger partial charge >= 0.3 is 0 Å². The largest absolute Gasteiger partial charge is 0.360 e. The van der Waals surface area contributed by atoms with E-state index in [1.807, 2.05) is 12.1 Å². The maximum absolute atomic E-state index is 4.36. The number of likely N-dealkylation sites (N-methyl/N-ethyl adjacent to an activating group) is 1. The quantitative estimate of drug-likeness (QED) is 0.833. The Morgan fingerprint density at radius 3 is 2.78 bits per heavy atom. The van der Waals surface area contributed by atoms with Gasteiger partial charge in [-0.1, -0.05) is 34.8 Å². The normalized spacial score (nSPS) is 27.1. The number of aromatic nitrogens is 2. The molecule has 3 heterocycles. The van der Waals surface area contributed by atoms with Crippen molar-refractivity contribution >= 4 is 21.6 Å². The van der Waals surface area contributed by atoms with Crippen molar-refractivity contribution in [2.24, 2.45) is 10.3 Å². The Morgan fingerprint density at radius 2 is 2.04 bits per heavy atom. The fraction of sp³-hybridized carbons (Fsp3) is 0.667. The van der Waals surface area contributed by atoms with E-state index in [2.05, 4.69) is 74.7 Å². The number of nitrogens with zero attached hydrogens (tertiary/aromatic N) is 7. The maximum atomic E-state index is 4.36. The molecule has 0 saturated carbocycles. The van der Waals surface area contributed by atoms with Crippen molar-refractivity contribution in [3.63, 3.8) is 0 Å². The molecule has 1 fully saturated rings. The van der Waals surface area contributed by atoms with Gasteiger partial charge in [0.25, 0.3) is 0 Å². The number of hydrogen-bond acceptors (Lipinski definition) is 9. The van der Waals surface area contributed by atoms with Gasteiger partial charge in [-0.15, -0.1) is 10.2 Å². The van der Waals surface area contributed by atoms with Crippen LogP contribution in [-0.2, 0) is 0 Å². The summed E-state index contributed by atoms with van der Waals surface area (Å²) in [4.78, 5) is 4.87. The molecule has 0 aromatic carbocycles. The van der Waals surface area contributed by atoms with Crippen LogP contribution in [0.5, 0.6) is 0 Å². The van der Waals surface area contributed by atoms with Gasteiger partial charge in [0.1, 0.15) is 0 Å². The first-order chi connectivity index (χ1) is 13.1. The van der Waals surface area contributed by atoms with Gasteiger partial charge in [0.05, 0.1) is 12.6 Å². The third kappa shape index (κ3) is 5.26. The Bertz CT molecular complexity index is 689. The summed E-state index contributed by atoms with van der Waals surface area (Å²) in [7, 11) is 1.95. The van der Waals surface area contributed by atoms with Gasteiger partial charge in [0.2, 0.25) is 10.3 Å². The van der Waals surface area contributed by atoms with Gasteiger partial charge in [0.15, 0.2) is 0 Å². The molecule has 148 valence electrons. The van der Waals surface area contributed by atoms with E-state index in [0.717, 1.165) is 49.5 Å². The summed E-state index contributed by atoms with van der Waals surface area (Å²) >= 11 is 1.63. The van der Waals surface area contributed by atoms with E-state index in [1.165, 1.54) is 5.57 Å². The molecule has 2 aliphatic heterocycles. The standard InChI is InChI=1S/C18H30N8S/c1-5-19-17-21-22-18(27-17)26-11-9-25(10-12-26)15(3)16-7-6-8-24(4)23-20-14(2)13-16/h6-7,13-15H,5,8-12H2,1-4H3,(H,19,21)/b7-6-,16-13+,23-20-. The molecule has 9 heteroatoms. The highest BCUT2D eigenvalue weighted by atomic mass is 32.1. The molecule has 2 aliphatic rings. The lowest BCUT2D eigenvalue weighted by Crippen LogP contribution is -2.50. The van der Waals surface area contributed by atoms with Crippen molar-refractivity contribution in [2.75, 3.05) is 56.5 Å². The Balaban J connectivity index is 1.60. The van der Waals surface area contributed by atoms with Crippen LogP contribution < -0.4 is 10.2 Å². The van der Waals surface area contributed by atoms with Crippen LogP contribution in [0, 0.1) is 0 Å². The van der Waals surface area contributed by atoms with E-state index >= 15 is 0 Å². The molecular weight excluding hydrogens is 360 g/mol. The van der Waals surface area contributed by atoms with Crippen LogP contribution in [0.3, 0.4) is 0 Å². The van der Waals surface area contributed by atoms with Crippen molar-refractivity contribution in [3.8, 4) is 0 Å². The monoisotopic (exact) mass is 390 g/mol. The average Bonchev–Trinajstić information content (AvgIpc) is 3.16. The topological polar surface area (TPSA) is 72.2 Å². The number of nitrogens with one attached hydrogen (secondary N) is 1. The van der Waals surface area contributed by atoms with Crippen molar-refractivity contribution in [1.29, 1.82) is 0 Å². The van der Waals surface area contributed by atoms with Gasteiger partial charge < -0.3 is 10.2 Å². The first kappa shape index (κ1) is 19.8. The Labute approximate surface area is 165 Å². The molecule has 2 atom stereocenters. The first-order valence-electron chi connectivity index (χ1n) is 9.63. The highest BCUT2D eigenvalue weighted by molar-refractivity contribution is 7.19. The van der Waals surface area contributed by atoms with Crippen LogP contribution in [0.2, 0.25) is 0 Å². The molecule has 0 bridgehead atoms. The average molecular weight is 391 g/mol. The Morgan fingerprint density at radius 1 is 1.26 bits per heavy atom. The minimum absolute atomic E-state index is 0.0832. The minimum Gasteiger partial charge on any atom is -0.360 e. The van der Waals surface area contributed by atoms with E-state index in [0.29, 0.717) is 6.04 Å². The molecule has 1 N–H and O–H groups in total. The second kappa shape index (κ2) is 9.27. The number of rotatable bonds is 5. The van der Waals surface area contributed by atoms with Crippen molar-refractivity contribution in [2.45, 2.75) is 32.9 Å². The molecule has 8 nitrogen and oxygen atoms in total. The number of anilines is 2. The van der Waals surface area contributed by atoms with Crippen molar-refractivity contribution in [1.82, 2.24) is 20.1 Å². The third-order valence-electron chi connectivity index (χ3n) is 4.86. The van der Waals surface area contributed by atoms with Crippen molar-refractivity contribution in [3.05, 3.63) is 23.8 Å². The van der Waals surface area contributed by atoms with E-state index in [-0.39, 0.29) is 6.04 Å². The summed E-state index contributed by atoms with van der Waals surface area (Å²) < 4.78 is 0. The van der Waals surface area contributed by atoms with Crippen LogP contribution in [0.1, 0.15) is 20.8 Å². The van der Waals surface area contributed by atoms with Gasteiger partial charge in [-0.05, 0) is 26.3 Å². The highest BCUT2D eigenvalue weighted by Gasteiger charge is 2.24. The first-order valence-corrected chi connectivity index (χ1v) is 10.4. The van der Waals surface area contributed by atoms with Crippen LogP contribution in [0.4, 0.5) is 10.3 Å². The molecule has 27 heavy (non-hydrogen) atoms. The fourth-order valence-electron chi connectivity index (χ4n) is 3.27. The molecule has 3 rings (SSSR count). The molecular formula is C18H30N8S. The highest BCUT2D eigenvalue weighted by Crippen LogP contribution is 2.26. The van der Waals surface area contributed by atoms with Crippen LogP contribution in [-0.4, -0.2) is 78.5 Å². The predicted octanol–water partition coefficient (Wildman–Crippen LogP) is 2.66. The fourth-order valence-corrected chi connectivity index (χ4v) is 4.14. The van der Waals surface area contributed by atoms with Crippen LogP contribution >= 0.6 is 11.3 Å². The summed E-state index contributed by atoms with van der Waals surface area (Å²) in [5, 5.41) is 24.1. The predicted molar refractivity (Wildman–Crippen MR) is 111 cm³/mol. The van der Waals surface area contributed by atoms with Gasteiger partial charge in [0, 0.05) is 45.8 Å². The zero-order chi connectivity index (χ0) is 19.2. The molecule has 0 radical (unpaired) electrons. The summed E-state index contributed by atoms with van der Waals surface area (Å²) in [6.45, 7) is 12.1. The van der Waals surface area contributed by atoms with Gasteiger partial charge in [-0.3, -0.25) is 9.91 Å². The SMILES string of the molecule is CCNc1nnc(N2CCN(C(C)C3=C/C(C)/N=N\N(C)C/C=C\3)CC2)s1. The smallest absolute Gasteiger partial charge is 0.210 e. The number of hydrogen-bond donors (Lipinski definition) is 1. The van der Waals surface area contributed by atoms with E-state index in [1.54, 1.807) is 11.3 Å². The molecule has 0 aliphatic carbocycles. The number of piperazine rings is 1. The summed E-state index contributed by atoms with van der Waals surface area (Å²) in [5.74, 6) is 0. The summed E-state index contributed by atoms with van der Waals surface area (Å²) in [6, 6.07) is 0.441. The van der Waals surface area contributed by atoms with Crippen molar-refractivity contribution < 1.29 is 0 Å². The summed E-state index contributed by atoms with van der Waals surface area (Å²) in [6.07, 6.45) is 6.62. The molecule has 0 spiro atoms. The Kier molecular flexibility index (Phi) is 6.78. The molecule has 1 aromatic rings.